The van der Waals surface area contributed by atoms with Gasteiger partial charge >= 0.3 is 132 Å². The SMILES string of the molecule is CCC(C)Cc1cc(-c2[c-]cccc2)nc[c]1[Ge]([CH3])([CH3])[CH3].Cc1cc(C)c(-n2c(-c3[c-]cc(C)c4c3oc3nc(C(C)(C)C)ccc34)nc3ccc4nc(C)ccc4c32)c(C)c1.[Ir]. The van der Waals surface area contributed by atoms with Crippen molar-refractivity contribution in [1.29, 1.82) is 0 Å². The van der Waals surface area contributed by atoms with E-state index in [1.807, 2.05) is 25.1 Å². The van der Waals surface area contributed by atoms with Crippen LogP contribution >= 0.6 is 0 Å². The fourth-order valence-electron chi connectivity index (χ4n) is 8.79. The molecule has 9 aromatic rings. The van der Waals surface area contributed by atoms with E-state index in [0.29, 0.717) is 5.71 Å². The number of nitrogens with zero attached hydrogens (tertiary/aromatic N) is 5. The molecular weight excluding hydrogens is 1010 g/mol. The number of furan rings is 1. The van der Waals surface area contributed by atoms with E-state index in [-0.39, 0.29) is 25.5 Å². The van der Waals surface area contributed by atoms with Gasteiger partial charge in [-0.25, -0.2) is 4.98 Å². The summed E-state index contributed by atoms with van der Waals surface area (Å²) in [7, 11) is 0. The van der Waals surface area contributed by atoms with E-state index in [9.17, 15) is 0 Å². The molecule has 0 aliphatic heterocycles. The van der Waals surface area contributed by atoms with Gasteiger partial charge in [-0.15, -0.1) is 17.7 Å². The first-order valence-corrected chi connectivity index (χ1v) is 29.4. The second kappa shape index (κ2) is 17.9. The van der Waals surface area contributed by atoms with Crippen molar-refractivity contribution >= 4 is 61.7 Å². The monoisotopic (exact) mass is 1070 g/mol. The molecule has 6 nitrogen and oxygen atoms in total. The number of rotatable bonds is 7. The molecule has 0 amide bonds. The Morgan fingerprint density at radius 2 is 1.51 bits per heavy atom. The Kier molecular flexibility index (Phi) is 13.1. The van der Waals surface area contributed by atoms with Gasteiger partial charge in [0.2, 0.25) is 5.71 Å². The van der Waals surface area contributed by atoms with E-state index in [2.05, 4.69) is 169 Å². The van der Waals surface area contributed by atoms with Crippen molar-refractivity contribution in [3.8, 4) is 28.3 Å². The van der Waals surface area contributed by atoms with Crippen LogP contribution in [0, 0.1) is 52.7 Å². The molecule has 9 rings (SSSR count). The van der Waals surface area contributed by atoms with E-state index < -0.39 is 13.3 Å². The summed E-state index contributed by atoms with van der Waals surface area (Å²) in [4.78, 5) is 19.8. The molecule has 325 valence electrons. The molecule has 5 aromatic heterocycles. The fourth-order valence-corrected chi connectivity index (χ4v) is 12.1. The van der Waals surface area contributed by atoms with Gasteiger partial charge in [0.15, 0.2) is 0 Å². The summed E-state index contributed by atoms with van der Waals surface area (Å²) >= 11 is -1.87. The van der Waals surface area contributed by atoms with E-state index in [1.54, 1.807) is 4.40 Å². The number of aryl methyl sites for hydroxylation is 5. The minimum absolute atomic E-state index is 0. The topological polar surface area (TPSA) is 69.6 Å². The maximum atomic E-state index is 6.62. The van der Waals surface area contributed by atoms with Crippen molar-refractivity contribution in [2.45, 2.75) is 105 Å². The average molecular weight is 1070 g/mol. The van der Waals surface area contributed by atoms with Gasteiger partial charge in [-0.3, -0.25) is 9.97 Å². The summed E-state index contributed by atoms with van der Waals surface area (Å²) in [5, 5.41) is 3.13. The molecule has 0 spiro atoms. The van der Waals surface area contributed by atoms with Crippen molar-refractivity contribution in [2.75, 3.05) is 0 Å². The summed E-state index contributed by atoms with van der Waals surface area (Å²) in [6, 6.07) is 36.4. The summed E-state index contributed by atoms with van der Waals surface area (Å²) in [5.74, 6) is 8.87. The molecule has 1 unspecified atom stereocenters. The summed E-state index contributed by atoms with van der Waals surface area (Å²) in [6.07, 6.45) is 4.54. The predicted molar refractivity (Wildman–Crippen MR) is 263 cm³/mol. The van der Waals surface area contributed by atoms with Gasteiger partial charge in [-0.2, -0.15) is 0 Å². The second-order valence-corrected chi connectivity index (χ2v) is 30.0. The first-order valence-electron chi connectivity index (χ1n) is 22.0. The summed E-state index contributed by atoms with van der Waals surface area (Å²) in [5.41, 5.74) is 16.5. The number of pyridine rings is 3. The van der Waals surface area contributed by atoms with Crippen LogP contribution < -0.4 is 4.40 Å². The zero-order valence-electron chi connectivity index (χ0n) is 39.1. The van der Waals surface area contributed by atoms with Crippen LogP contribution in [0.25, 0.3) is 72.3 Å². The Morgan fingerprint density at radius 3 is 2.17 bits per heavy atom. The van der Waals surface area contributed by atoms with E-state index >= 15 is 0 Å². The first kappa shape index (κ1) is 46.1. The van der Waals surface area contributed by atoms with Crippen LogP contribution in [-0.4, -0.2) is 37.8 Å². The fraction of sp³-hybridized carbons (Fsp3) is 0.309. The van der Waals surface area contributed by atoms with Crippen LogP contribution in [0.4, 0.5) is 0 Å². The number of fused-ring (bicyclic) bond motifs is 6. The van der Waals surface area contributed by atoms with Gasteiger partial charge in [-0.1, -0.05) is 56.3 Å². The molecule has 0 saturated heterocycles. The van der Waals surface area contributed by atoms with E-state index in [4.69, 9.17) is 24.4 Å². The number of imidazole rings is 1. The molecule has 0 saturated carbocycles. The summed E-state index contributed by atoms with van der Waals surface area (Å²) in [6.45, 7) is 21.7. The molecule has 0 bridgehead atoms. The summed E-state index contributed by atoms with van der Waals surface area (Å²) < 4.78 is 10.5. The predicted octanol–water partition coefficient (Wildman–Crippen LogP) is 13.9. The molecule has 1 atom stereocenters. The smallest absolute Gasteiger partial charge is 0.216 e. The number of aromatic nitrogens is 5. The van der Waals surface area contributed by atoms with Crippen molar-refractivity contribution in [1.82, 2.24) is 24.5 Å². The standard InChI is InChI=1S/C36H33N4O.C19H26GeN.Ir/c1-19-17-21(3)31(22(4)18-19)40-32-24-12-10-23(5)37-27(24)14-15-28(32)38-34(40)26-11-9-20(2)30-25-13-16-29(36(6,7)8)39-35(25)41-33(26)30;1-6-15(2)12-17-13-19(16-10-8-7-9-11-16)21-14-18(17)20(3,4)5;/h9-10,12-18H,1-8H3;7-10,13-15H,6,12H2,1-5H3;/q2*-1;. The minimum Gasteiger partial charge on any atom is -0.486 e. The Balaban J connectivity index is 0.000000229. The van der Waals surface area contributed by atoms with Crippen LogP contribution in [0.2, 0.25) is 17.3 Å². The van der Waals surface area contributed by atoms with Crippen molar-refractivity contribution < 1.29 is 24.5 Å². The molecule has 0 aliphatic rings. The Bertz CT molecular complexity index is 3110. The van der Waals surface area contributed by atoms with Crippen LogP contribution in [0.5, 0.6) is 0 Å². The van der Waals surface area contributed by atoms with Gasteiger partial charge in [0.25, 0.3) is 0 Å². The normalized spacial score (nSPS) is 12.5. The molecular formula is C55H59GeIrN5O-2. The van der Waals surface area contributed by atoms with Gasteiger partial charge < -0.3 is 8.98 Å². The number of benzene rings is 4. The molecule has 63 heavy (non-hydrogen) atoms. The maximum absolute atomic E-state index is 6.62. The van der Waals surface area contributed by atoms with Gasteiger partial charge in [0.1, 0.15) is 0 Å². The Morgan fingerprint density at radius 1 is 0.794 bits per heavy atom. The van der Waals surface area contributed by atoms with Crippen LogP contribution in [0.3, 0.4) is 0 Å². The molecule has 0 fully saturated rings. The van der Waals surface area contributed by atoms with Gasteiger partial charge in [0, 0.05) is 53.4 Å². The van der Waals surface area contributed by atoms with E-state index in [0.717, 1.165) is 95.9 Å². The van der Waals surface area contributed by atoms with Crippen LogP contribution in [0.15, 0.2) is 95.5 Å². The molecule has 1 radical (unpaired) electrons. The number of hydrogen-bond donors (Lipinski definition) is 0. The maximum Gasteiger partial charge on any atom is 0.216 e. The zero-order chi connectivity index (χ0) is 44.2. The average Bonchev–Trinajstić information content (AvgIpc) is 3.80. The third-order valence-electron chi connectivity index (χ3n) is 12.1. The van der Waals surface area contributed by atoms with E-state index in [1.165, 1.54) is 28.7 Å². The van der Waals surface area contributed by atoms with Gasteiger partial charge in [-0.05, 0) is 75.2 Å². The largest absolute Gasteiger partial charge is 0.486 e. The quantitative estimate of drug-likeness (QED) is 0.117. The van der Waals surface area contributed by atoms with Crippen LogP contribution in [0.1, 0.15) is 80.2 Å². The Labute approximate surface area is 389 Å². The second-order valence-electron chi connectivity index (χ2n) is 19.4. The zero-order valence-corrected chi connectivity index (χ0v) is 43.6. The third-order valence-corrected chi connectivity index (χ3v) is 16.5. The van der Waals surface area contributed by atoms with Crippen molar-refractivity contribution in [3.05, 3.63) is 142 Å². The molecule has 8 heteroatoms. The third kappa shape index (κ3) is 9.07. The van der Waals surface area contributed by atoms with Crippen molar-refractivity contribution in [2.24, 2.45) is 5.92 Å². The molecule has 5 heterocycles. The molecule has 0 aliphatic carbocycles. The first-order chi connectivity index (χ1) is 29.4. The van der Waals surface area contributed by atoms with Gasteiger partial charge in [0.05, 0.1) is 28.0 Å². The number of hydrogen-bond acceptors (Lipinski definition) is 5. The van der Waals surface area contributed by atoms with Crippen molar-refractivity contribution in [3.63, 3.8) is 0 Å². The minimum atomic E-state index is -1.87. The Hall–Kier alpha value is -4.95. The molecule has 4 aromatic carbocycles. The molecule has 0 N–H and O–H groups in total. The van der Waals surface area contributed by atoms with Crippen LogP contribution in [-0.2, 0) is 31.9 Å².